The van der Waals surface area contributed by atoms with Gasteiger partial charge in [0.05, 0.1) is 16.6 Å². The lowest BCUT2D eigenvalue weighted by Crippen LogP contribution is -2.17. The average molecular weight is 295 g/mol. The lowest BCUT2D eigenvalue weighted by Gasteiger charge is -2.23. The molecule has 2 aromatic rings. The van der Waals surface area contributed by atoms with Crippen molar-refractivity contribution in [2.75, 3.05) is 11.4 Å². The number of hydrogen-bond donors (Lipinski definition) is 0. The summed E-state index contributed by atoms with van der Waals surface area (Å²) < 4.78 is 0. The Hall–Kier alpha value is -1.25. The Kier molecular flexibility index (Phi) is 4.67. The zero-order valence-corrected chi connectivity index (χ0v) is 12.5. The van der Waals surface area contributed by atoms with Gasteiger partial charge in [-0.25, -0.2) is 4.98 Å². The van der Waals surface area contributed by atoms with Crippen molar-refractivity contribution in [3.63, 3.8) is 0 Å². The molecule has 0 N–H and O–H groups in total. The van der Waals surface area contributed by atoms with Crippen LogP contribution >= 0.6 is 23.2 Å². The molecule has 0 fully saturated rings. The molecule has 0 unspecified atom stereocenters. The second-order valence-corrected chi connectivity index (χ2v) is 4.99. The van der Waals surface area contributed by atoms with E-state index in [0.717, 1.165) is 18.1 Å². The quantitative estimate of drug-likeness (QED) is 0.743. The van der Waals surface area contributed by atoms with Gasteiger partial charge in [0.25, 0.3) is 0 Å². The number of hydrogen-bond acceptors (Lipinski definition) is 2. The van der Waals surface area contributed by atoms with Crippen molar-refractivity contribution in [2.24, 2.45) is 0 Å². The molecule has 1 aromatic heterocycles. The van der Waals surface area contributed by atoms with Crippen LogP contribution in [-0.4, -0.2) is 11.5 Å². The highest BCUT2D eigenvalue weighted by atomic mass is 35.5. The summed E-state index contributed by atoms with van der Waals surface area (Å²) in [5.74, 6) is 1.18. The first-order chi connectivity index (χ1) is 9.15. The van der Waals surface area contributed by atoms with Crippen LogP contribution in [0.4, 0.5) is 11.5 Å². The van der Waals surface area contributed by atoms with Gasteiger partial charge in [-0.2, -0.15) is 0 Å². The minimum atomic E-state index is 0.318. The number of pyridine rings is 1. The number of rotatable bonds is 4. The van der Waals surface area contributed by atoms with Crippen molar-refractivity contribution in [1.29, 1.82) is 0 Å². The van der Waals surface area contributed by atoms with E-state index >= 15 is 0 Å². The second kappa shape index (κ2) is 6.27. The van der Waals surface area contributed by atoms with E-state index < -0.39 is 0 Å². The van der Waals surface area contributed by atoms with E-state index in [1.165, 1.54) is 5.56 Å². The van der Waals surface area contributed by atoms with E-state index in [1.54, 1.807) is 0 Å². The van der Waals surface area contributed by atoms with Crippen LogP contribution in [-0.2, 0) is 5.88 Å². The molecule has 0 radical (unpaired) electrons. The summed E-state index contributed by atoms with van der Waals surface area (Å²) >= 11 is 11.9. The molecule has 100 valence electrons. The molecule has 0 aliphatic heterocycles. The van der Waals surface area contributed by atoms with Crippen molar-refractivity contribution in [1.82, 2.24) is 4.98 Å². The van der Waals surface area contributed by atoms with Gasteiger partial charge in [-0.05, 0) is 38.1 Å². The maximum atomic E-state index is 6.05. The topological polar surface area (TPSA) is 16.1 Å². The summed E-state index contributed by atoms with van der Waals surface area (Å²) in [5.41, 5.74) is 3.07. The SMILES string of the molecule is CCN(c1ccc(C)cc1)c1ccc(Cl)c(CCl)n1. The van der Waals surface area contributed by atoms with Gasteiger partial charge in [0.2, 0.25) is 0 Å². The van der Waals surface area contributed by atoms with Crippen LogP contribution in [0.2, 0.25) is 5.02 Å². The van der Waals surface area contributed by atoms with E-state index in [4.69, 9.17) is 23.2 Å². The van der Waals surface area contributed by atoms with Crippen molar-refractivity contribution in [2.45, 2.75) is 19.7 Å². The van der Waals surface area contributed by atoms with Crippen molar-refractivity contribution in [3.8, 4) is 0 Å². The highest BCUT2D eigenvalue weighted by molar-refractivity contribution is 6.32. The minimum Gasteiger partial charge on any atom is -0.327 e. The molecule has 0 saturated heterocycles. The summed E-state index contributed by atoms with van der Waals surface area (Å²) in [6.45, 7) is 5.00. The van der Waals surface area contributed by atoms with Crippen LogP contribution in [0.25, 0.3) is 0 Å². The van der Waals surface area contributed by atoms with Crippen LogP contribution < -0.4 is 4.90 Å². The highest BCUT2D eigenvalue weighted by Gasteiger charge is 2.10. The van der Waals surface area contributed by atoms with Gasteiger partial charge in [0, 0.05) is 12.2 Å². The lowest BCUT2D eigenvalue weighted by molar-refractivity contribution is 0.975. The molecule has 0 aliphatic carbocycles. The number of benzene rings is 1. The smallest absolute Gasteiger partial charge is 0.133 e. The fourth-order valence-electron chi connectivity index (χ4n) is 1.92. The summed E-state index contributed by atoms with van der Waals surface area (Å²) in [6.07, 6.45) is 0. The first-order valence-corrected chi connectivity index (χ1v) is 7.12. The standard InChI is InChI=1S/C15H16Cl2N2/c1-3-19(12-6-4-11(2)5-7-12)15-9-8-13(17)14(10-16)18-15/h4-9H,3,10H2,1-2H3. The molecule has 4 heteroatoms. The van der Waals surface area contributed by atoms with E-state index in [9.17, 15) is 0 Å². The largest absolute Gasteiger partial charge is 0.327 e. The molecule has 1 aromatic carbocycles. The molecule has 0 amide bonds. The molecule has 0 atom stereocenters. The number of aryl methyl sites for hydroxylation is 1. The third-order valence-electron chi connectivity index (χ3n) is 2.97. The molecule has 1 heterocycles. The Morgan fingerprint density at radius 1 is 1.11 bits per heavy atom. The maximum Gasteiger partial charge on any atom is 0.133 e. The van der Waals surface area contributed by atoms with Gasteiger partial charge in [-0.3, -0.25) is 0 Å². The van der Waals surface area contributed by atoms with Crippen LogP contribution in [0.15, 0.2) is 36.4 Å². The molecular weight excluding hydrogens is 279 g/mol. The number of aromatic nitrogens is 1. The zero-order chi connectivity index (χ0) is 13.8. The van der Waals surface area contributed by atoms with Crippen molar-refractivity contribution in [3.05, 3.63) is 52.7 Å². The lowest BCUT2D eigenvalue weighted by atomic mass is 10.2. The minimum absolute atomic E-state index is 0.318. The molecule has 19 heavy (non-hydrogen) atoms. The molecule has 2 nitrogen and oxygen atoms in total. The molecule has 2 rings (SSSR count). The molecule has 0 aliphatic rings. The van der Waals surface area contributed by atoms with Crippen LogP contribution in [0, 0.1) is 6.92 Å². The highest BCUT2D eigenvalue weighted by Crippen LogP contribution is 2.26. The maximum absolute atomic E-state index is 6.05. The van der Waals surface area contributed by atoms with E-state index in [-0.39, 0.29) is 0 Å². The predicted octanol–water partition coefficient (Wildman–Crippen LogP) is 4.94. The van der Waals surface area contributed by atoms with Gasteiger partial charge < -0.3 is 4.90 Å². The van der Waals surface area contributed by atoms with E-state index in [2.05, 4.69) is 48.0 Å². The fraction of sp³-hybridized carbons (Fsp3) is 0.267. The average Bonchev–Trinajstić information content (AvgIpc) is 2.43. The fourth-order valence-corrected chi connectivity index (χ4v) is 2.36. The normalized spacial score (nSPS) is 10.5. The third kappa shape index (κ3) is 3.20. The zero-order valence-electron chi connectivity index (χ0n) is 11.0. The first-order valence-electron chi connectivity index (χ1n) is 6.21. The van der Waals surface area contributed by atoms with E-state index in [1.807, 2.05) is 12.1 Å². The Balaban J connectivity index is 2.39. The van der Waals surface area contributed by atoms with Crippen LogP contribution in [0.1, 0.15) is 18.2 Å². The summed E-state index contributed by atoms with van der Waals surface area (Å²) in [5, 5.41) is 0.610. The van der Waals surface area contributed by atoms with Gasteiger partial charge in [0.1, 0.15) is 5.82 Å². The monoisotopic (exact) mass is 294 g/mol. The Bertz CT molecular complexity index is 553. The number of halogens is 2. The molecule has 0 bridgehead atoms. The van der Waals surface area contributed by atoms with Gasteiger partial charge >= 0.3 is 0 Å². The summed E-state index contributed by atoms with van der Waals surface area (Å²) in [7, 11) is 0. The van der Waals surface area contributed by atoms with Gasteiger partial charge in [0.15, 0.2) is 0 Å². The van der Waals surface area contributed by atoms with Gasteiger partial charge in [-0.15, -0.1) is 11.6 Å². The van der Waals surface area contributed by atoms with Gasteiger partial charge in [-0.1, -0.05) is 29.3 Å². The Labute approximate surface area is 124 Å². The predicted molar refractivity (Wildman–Crippen MR) is 82.7 cm³/mol. The van der Waals surface area contributed by atoms with Crippen molar-refractivity contribution < 1.29 is 0 Å². The molecular formula is C15H16Cl2N2. The number of nitrogens with zero attached hydrogens (tertiary/aromatic N) is 2. The number of anilines is 2. The van der Waals surface area contributed by atoms with E-state index in [0.29, 0.717) is 16.6 Å². The van der Waals surface area contributed by atoms with Crippen molar-refractivity contribution >= 4 is 34.7 Å². The first kappa shape index (κ1) is 14.2. The Morgan fingerprint density at radius 3 is 2.37 bits per heavy atom. The van der Waals surface area contributed by atoms with Crippen LogP contribution in [0.5, 0.6) is 0 Å². The second-order valence-electron chi connectivity index (χ2n) is 4.31. The summed E-state index contributed by atoms with van der Waals surface area (Å²) in [6, 6.07) is 12.1. The number of alkyl halides is 1. The molecule has 0 spiro atoms. The van der Waals surface area contributed by atoms with Crippen LogP contribution in [0.3, 0.4) is 0 Å². The third-order valence-corrected chi connectivity index (χ3v) is 3.57. The summed E-state index contributed by atoms with van der Waals surface area (Å²) in [4.78, 5) is 6.65. The molecule has 0 saturated carbocycles. The Morgan fingerprint density at radius 2 is 1.79 bits per heavy atom.